The minimum atomic E-state index is -1.47. The second kappa shape index (κ2) is 12.1. The normalized spacial score (nSPS) is 15.1. The summed E-state index contributed by atoms with van der Waals surface area (Å²) in [5, 5.41) is 23.5. The first-order valence-corrected chi connectivity index (χ1v) is 9.27. The first kappa shape index (κ1) is 23.5. The Hall–Kier alpha value is -2.49. The van der Waals surface area contributed by atoms with Crippen LogP contribution >= 0.6 is 0 Å². The van der Waals surface area contributed by atoms with Gasteiger partial charge in [0.2, 0.25) is 11.8 Å². The van der Waals surface area contributed by atoms with E-state index >= 15 is 0 Å². The summed E-state index contributed by atoms with van der Waals surface area (Å²) >= 11 is 0. The smallest absolute Gasteiger partial charge is 0.328 e. The third-order valence-electron chi connectivity index (χ3n) is 4.26. The van der Waals surface area contributed by atoms with Crippen molar-refractivity contribution in [2.24, 2.45) is 11.5 Å². The molecule has 8 N–H and O–H groups in total. The van der Waals surface area contributed by atoms with Gasteiger partial charge in [-0.15, -0.1) is 0 Å². The van der Waals surface area contributed by atoms with Crippen LogP contribution in [0.4, 0.5) is 0 Å². The van der Waals surface area contributed by atoms with Crippen molar-refractivity contribution >= 4 is 17.8 Å². The largest absolute Gasteiger partial charge is 0.480 e. The molecule has 0 fully saturated rings. The van der Waals surface area contributed by atoms with Gasteiger partial charge in [-0.3, -0.25) is 9.59 Å². The van der Waals surface area contributed by atoms with Crippen LogP contribution < -0.4 is 22.1 Å². The van der Waals surface area contributed by atoms with Crippen molar-refractivity contribution in [3.63, 3.8) is 0 Å². The minimum absolute atomic E-state index is 0.277. The Kier molecular flexibility index (Phi) is 10.1. The molecule has 0 aliphatic rings. The number of hydrogen-bond donors (Lipinski definition) is 6. The van der Waals surface area contributed by atoms with Crippen molar-refractivity contribution in [3.05, 3.63) is 35.9 Å². The van der Waals surface area contributed by atoms with E-state index in [0.29, 0.717) is 25.8 Å². The van der Waals surface area contributed by atoms with Gasteiger partial charge in [0.15, 0.2) is 6.04 Å². The topological polar surface area (TPSA) is 168 Å². The molecule has 28 heavy (non-hydrogen) atoms. The second-order valence-electron chi connectivity index (χ2n) is 6.71. The maximum atomic E-state index is 12.5. The van der Waals surface area contributed by atoms with Crippen LogP contribution in [0.15, 0.2) is 30.3 Å². The third kappa shape index (κ3) is 8.03. The summed E-state index contributed by atoms with van der Waals surface area (Å²) in [5.74, 6) is -2.57. The molecule has 0 aliphatic carbocycles. The molecular weight excluding hydrogens is 364 g/mol. The number of hydrogen-bond acceptors (Lipinski definition) is 6. The number of carboxylic acids is 1. The summed E-state index contributed by atoms with van der Waals surface area (Å²) in [6.45, 7) is 1.69. The van der Waals surface area contributed by atoms with Gasteiger partial charge in [-0.2, -0.15) is 0 Å². The molecule has 0 aliphatic heterocycles. The predicted octanol–water partition coefficient (Wildman–Crippen LogP) is -0.880. The average Bonchev–Trinajstić information content (AvgIpc) is 2.65. The number of aliphatic carboxylic acids is 1. The van der Waals surface area contributed by atoms with Gasteiger partial charge in [0.05, 0.1) is 12.1 Å². The number of carbonyl (C=O) groups excluding carboxylic acids is 2. The van der Waals surface area contributed by atoms with Crippen molar-refractivity contribution in [3.8, 4) is 0 Å². The lowest BCUT2D eigenvalue weighted by atomic mass is 10.0. The van der Waals surface area contributed by atoms with E-state index in [-0.39, 0.29) is 6.42 Å². The van der Waals surface area contributed by atoms with E-state index in [1.807, 2.05) is 30.3 Å². The van der Waals surface area contributed by atoms with Crippen molar-refractivity contribution in [1.82, 2.24) is 10.6 Å². The number of unbranched alkanes of at least 4 members (excludes halogenated alkanes) is 1. The third-order valence-corrected chi connectivity index (χ3v) is 4.26. The molecule has 0 radical (unpaired) electrons. The Morgan fingerprint density at radius 2 is 1.71 bits per heavy atom. The Morgan fingerprint density at radius 1 is 1.07 bits per heavy atom. The van der Waals surface area contributed by atoms with Crippen molar-refractivity contribution in [1.29, 1.82) is 0 Å². The van der Waals surface area contributed by atoms with Gasteiger partial charge in [0.25, 0.3) is 0 Å². The lowest BCUT2D eigenvalue weighted by Gasteiger charge is -2.24. The van der Waals surface area contributed by atoms with Crippen molar-refractivity contribution in [2.45, 2.75) is 56.8 Å². The average molecular weight is 394 g/mol. The fraction of sp³-hybridized carbons (Fsp3) is 0.526. The van der Waals surface area contributed by atoms with E-state index in [1.165, 1.54) is 6.92 Å². The summed E-state index contributed by atoms with van der Waals surface area (Å²) in [6, 6.07) is 5.92. The van der Waals surface area contributed by atoms with Gasteiger partial charge in [-0.05, 0) is 44.7 Å². The van der Waals surface area contributed by atoms with Crippen LogP contribution in [0.5, 0.6) is 0 Å². The molecule has 0 heterocycles. The van der Waals surface area contributed by atoms with Gasteiger partial charge in [0.1, 0.15) is 6.04 Å². The first-order valence-electron chi connectivity index (χ1n) is 9.27. The number of nitrogens with two attached hydrogens (primary N) is 2. The molecule has 0 spiro atoms. The van der Waals surface area contributed by atoms with Gasteiger partial charge in [0, 0.05) is 0 Å². The van der Waals surface area contributed by atoms with Crippen LogP contribution in [0.25, 0.3) is 0 Å². The van der Waals surface area contributed by atoms with Gasteiger partial charge < -0.3 is 32.3 Å². The SMILES string of the molecule is CC(O)C(NC(=O)C(CCCCN)NC(=O)C(N)Cc1ccccc1)C(=O)O. The molecule has 2 amide bonds. The molecule has 1 aromatic rings. The molecule has 0 aromatic heterocycles. The number of benzene rings is 1. The highest BCUT2D eigenvalue weighted by atomic mass is 16.4. The van der Waals surface area contributed by atoms with E-state index in [2.05, 4.69) is 10.6 Å². The molecule has 1 aromatic carbocycles. The Labute approximate surface area is 164 Å². The highest BCUT2D eigenvalue weighted by Crippen LogP contribution is 2.06. The van der Waals surface area contributed by atoms with Gasteiger partial charge >= 0.3 is 5.97 Å². The monoisotopic (exact) mass is 394 g/mol. The highest BCUT2D eigenvalue weighted by Gasteiger charge is 2.30. The molecule has 9 nitrogen and oxygen atoms in total. The van der Waals surface area contributed by atoms with Gasteiger partial charge in [-0.1, -0.05) is 30.3 Å². The van der Waals surface area contributed by atoms with Crippen LogP contribution in [-0.4, -0.2) is 58.8 Å². The van der Waals surface area contributed by atoms with Crippen LogP contribution in [0.1, 0.15) is 31.7 Å². The number of aliphatic hydroxyl groups excluding tert-OH is 1. The lowest BCUT2D eigenvalue weighted by Crippen LogP contribution is -2.56. The van der Waals surface area contributed by atoms with Crippen LogP contribution in [0, 0.1) is 0 Å². The molecule has 1 rings (SSSR count). The quantitative estimate of drug-likeness (QED) is 0.250. The maximum Gasteiger partial charge on any atom is 0.328 e. The fourth-order valence-electron chi connectivity index (χ4n) is 2.64. The number of carboxylic acid groups (broad SMARTS) is 1. The summed E-state index contributed by atoms with van der Waals surface area (Å²) in [6.07, 6.45) is 0.500. The van der Waals surface area contributed by atoms with Crippen LogP contribution in [0.3, 0.4) is 0 Å². The van der Waals surface area contributed by atoms with Crippen molar-refractivity contribution in [2.75, 3.05) is 6.54 Å². The Bertz CT molecular complexity index is 638. The zero-order valence-corrected chi connectivity index (χ0v) is 16.0. The maximum absolute atomic E-state index is 12.5. The zero-order valence-electron chi connectivity index (χ0n) is 16.0. The molecule has 0 saturated carbocycles. The summed E-state index contributed by atoms with van der Waals surface area (Å²) < 4.78 is 0. The first-order chi connectivity index (χ1) is 13.3. The number of nitrogens with one attached hydrogen (secondary N) is 2. The summed E-state index contributed by atoms with van der Waals surface area (Å²) in [4.78, 5) is 36.1. The van der Waals surface area contributed by atoms with E-state index in [1.54, 1.807) is 0 Å². The molecule has 4 unspecified atom stereocenters. The molecule has 0 saturated heterocycles. The standard InChI is InChI=1S/C19H30N4O5/c1-12(24)16(19(27)28)23-18(26)15(9-5-6-10-20)22-17(25)14(21)11-13-7-3-2-4-8-13/h2-4,7-8,12,14-16,24H,5-6,9-11,20-21H2,1H3,(H,22,25)(H,23,26)(H,27,28). The zero-order chi connectivity index (χ0) is 21.1. The Morgan fingerprint density at radius 3 is 2.25 bits per heavy atom. The number of amides is 2. The minimum Gasteiger partial charge on any atom is -0.480 e. The van der Waals surface area contributed by atoms with Crippen LogP contribution in [-0.2, 0) is 20.8 Å². The summed E-state index contributed by atoms with van der Waals surface area (Å²) in [5.41, 5.74) is 12.3. The molecule has 9 heteroatoms. The van der Waals surface area contributed by atoms with E-state index < -0.39 is 42.0 Å². The molecule has 4 atom stereocenters. The molecular formula is C19H30N4O5. The number of aliphatic hydroxyl groups is 1. The lowest BCUT2D eigenvalue weighted by molar-refractivity contribution is -0.145. The van der Waals surface area contributed by atoms with Crippen molar-refractivity contribution < 1.29 is 24.6 Å². The summed E-state index contributed by atoms with van der Waals surface area (Å²) in [7, 11) is 0. The fourth-order valence-corrected chi connectivity index (χ4v) is 2.64. The highest BCUT2D eigenvalue weighted by molar-refractivity contribution is 5.92. The van der Waals surface area contributed by atoms with E-state index in [0.717, 1.165) is 5.56 Å². The van der Waals surface area contributed by atoms with E-state index in [4.69, 9.17) is 16.6 Å². The number of rotatable bonds is 12. The molecule has 156 valence electrons. The van der Waals surface area contributed by atoms with E-state index in [9.17, 15) is 19.5 Å². The Balaban J connectivity index is 2.77. The molecule has 0 bridgehead atoms. The predicted molar refractivity (Wildman–Crippen MR) is 104 cm³/mol. The second-order valence-corrected chi connectivity index (χ2v) is 6.71. The van der Waals surface area contributed by atoms with Gasteiger partial charge in [-0.25, -0.2) is 4.79 Å². The number of carbonyl (C=O) groups is 3. The van der Waals surface area contributed by atoms with Crippen LogP contribution in [0.2, 0.25) is 0 Å².